The van der Waals surface area contributed by atoms with Gasteiger partial charge in [-0.2, -0.15) is 0 Å². The van der Waals surface area contributed by atoms with Gasteiger partial charge in [0.15, 0.2) is 0 Å². The number of hydrogen-bond acceptors (Lipinski definition) is 5. The molecule has 2 aliphatic heterocycles. The SMILES string of the molecule is Cc1nc2c3c(c(N4CCCCC4)cc(C)c3n1)C(N1CCCCC1)=CC2=O. The Balaban J connectivity index is 1.79. The molecule has 0 saturated carbocycles. The molecule has 0 N–H and O–H groups in total. The van der Waals surface area contributed by atoms with Crippen molar-refractivity contribution in [1.82, 2.24) is 14.9 Å². The summed E-state index contributed by atoms with van der Waals surface area (Å²) in [6.07, 6.45) is 9.27. The zero-order valence-electron chi connectivity index (χ0n) is 16.9. The van der Waals surface area contributed by atoms with Crippen LogP contribution in [0.25, 0.3) is 16.6 Å². The summed E-state index contributed by atoms with van der Waals surface area (Å²) in [7, 11) is 0. The molecule has 0 unspecified atom stereocenters. The Kier molecular flexibility index (Phi) is 4.33. The molecule has 0 radical (unpaired) electrons. The van der Waals surface area contributed by atoms with Crippen molar-refractivity contribution in [2.45, 2.75) is 52.4 Å². The van der Waals surface area contributed by atoms with E-state index in [1.54, 1.807) is 0 Å². The van der Waals surface area contributed by atoms with Crippen LogP contribution in [0.1, 0.15) is 66.0 Å². The second-order valence-electron chi connectivity index (χ2n) is 8.42. The minimum atomic E-state index is 0.0266. The van der Waals surface area contributed by atoms with Crippen LogP contribution in [-0.4, -0.2) is 46.8 Å². The van der Waals surface area contributed by atoms with Gasteiger partial charge < -0.3 is 9.80 Å². The number of likely N-dealkylation sites (tertiary alicyclic amines) is 1. The number of ketones is 1. The molecular weight excluding hydrogens is 348 g/mol. The lowest BCUT2D eigenvalue weighted by atomic mass is 9.90. The predicted octanol–water partition coefficient (Wildman–Crippen LogP) is 4.26. The highest BCUT2D eigenvalue weighted by molar-refractivity contribution is 6.21. The Hall–Kier alpha value is -2.43. The standard InChI is InChI=1S/C23H28N4O/c1-15-13-17(26-9-5-3-6-10-26)20-18(27-11-7-4-8-12-27)14-19(28)23-21(20)22(15)24-16(2)25-23/h13-14H,3-12H2,1-2H3. The molecule has 5 nitrogen and oxygen atoms in total. The fourth-order valence-electron chi connectivity index (χ4n) is 5.04. The van der Waals surface area contributed by atoms with Crippen LogP contribution in [-0.2, 0) is 0 Å². The fraction of sp³-hybridized carbons (Fsp3) is 0.522. The Morgan fingerprint density at radius 2 is 1.50 bits per heavy atom. The van der Waals surface area contributed by atoms with E-state index in [2.05, 4.69) is 27.8 Å². The monoisotopic (exact) mass is 376 g/mol. The van der Waals surface area contributed by atoms with Gasteiger partial charge in [-0.1, -0.05) is 0 Å². The Morgan fingerprint density at radius 1 is 0.857 bits per heavy atom. The van der Waals surface area contributed by atoms with Crippen LogP contribution in [0.3, 0.4) is 0 Å². The molecule has 0 bridgehead atoms. The molecule has 2 saturated heterocycles. The lowest BCUT2D eigenvalue weighted by molar-refractivity contribution is 0.104. The molecule has 5 rings (SSSR count). The van der Waals surface area contributed by atoms with E-state index >= 15 is 0 Å². The third-order valence-electron chi connectivity index (χ3n) is 6.40. The summed E-state index contributed by atoms with van der Waals surface area (Å²) in [6.45, 7) is 8.21. The highest BCUT2D eigenvalue weighted by atomic mass is 16.1. The first kappa shape index (κ1) is 17.7. The average Bonchev–Trinajstić information content (AvgIpc) is 2.73. The maximum Gasteiger partial charge on any atom is 0.207 e. The Morgan fingerprint density at radius 3 is 2.18 bits per heavy atom. The summed E-state index contributed by atoms with van der Waals surface area (Å²) in [6, 6.07) is 2.30. The number of carbonyl (C=O) groups excluding carboxylic acids is 1. The van der Waals surface area contributed by atoms with Gasteiger partial charge in [0.25, 0.3) is 0 Å². The van der Waals surface area contributed by atoms with Crippen molar-refractivity contribution in [1.29, 1.82) is 0 Å². The minimum absolute atomic E-state index is 0.0266. The van der Waals surface area contributed by atoms with Crippen LogP contribution in [0.15, 0.2) is 12.1 Å². The van der Waals surface area contributed by atoms with Crippen molar-refractivity contribution in [3.05, 3.63) is 34.8 Å². The van der Waals surface area contributed by atoms with Gasteiger partial charge in [-0.15, -0.1) is 0 Å². The third kappa shape index (κ3) is 2.79. The molecule has 5 heteroatoms. The quantitative estimate of drug-likeness (QED) is 0.784. The maximum absolute atomic E-state index is 13.1. The largest absolute Gasteiger partial charge is 0.371 e. The van der Waals surface area contributed by atoms with E-state index < -0.39 is 0 Å². The first-order valence-electron chi connectivity index (χ1n) is 10.7. The summed E-state index contributed by atoms with van der Waals surface area (Å²) in [5, 5.41) is 0.972. The molecule has 146 valence electrons. The van der Waals surface area contributed by atoms with E-state index in [0.29, 0.717) is 11.5 Å². The fourth-order valence-corrected chi connectivity index (χ4v) is 5.04. The van der Waals surface area contributed by atoms with Crippen molar-refractivity contribution in [2.24, 2.45) is 0 Å². The number of anilines is 1. The van der Waals surface area contributed by atoms with Gasteiger partial charge in [-0.3, -0.25) is 4.79 Å². The number of piperidine rings is 2. The lowest BCUT2D eigenvalue weighted by Crippen LogP contribution is -2.34. The van der Waals surface area contributed by atoms with Gasteiger partial charge in [0, 0.05) is 48.9 Å². The third-order valence-corrected chi connectivity index (χ3v) is 6.40. The number of rotatable bonds is 2. The van der Waals surface area contributed by atoms with Crippen molar-refractivity contribution in [3.63, 3.8) is 0 Å². The van der Waals surface area contributed by atoms with Gasteiger partial charge in [-0.25, -0.2) is 9.97 Å². The van der Waals surface area contributed by atoms with E-state index in [1.807, 2.05) is 13.0 Å². The maximum atomic E-state index is 13.1. The molecule has 0 atom stereocenters. The molecule has 0 spiro atoms. The second kappa shape index (κ2) is 6.87. The van der Waals surface area contributed by atoms with Crippen molar-refractivity contribution < 1.29 is 4.79 Å². The molecule has 0 amide bonds. The van der Waals surface area contributed by atoms with Crippen molar-refractivity contribution >= 4 is 28.1 Å². The van der Waals surface area contributed by atoms with Crippen molar-refractivity contribution in [3.8, 4) is 0 Å². The number of hydrogen-bond donors (Lipinski definition) is 0. The van der Waals surface area contributed by atoms with Gasteiger partial charge in [0.2, 0.25) is 5.78 Å². The number of allylic oxidation sites excluding steroid dienone is 1. The number of aryl methyl sites for hydroxylation is 2. The van der Waals surface area contributed by atoms with E-state index in [0.717, 1.165) is 48.3 Å². The van der Waals surface area contributed by atoms with Gasteiger partial charge in [0.1, 0.15) is 11.5 Å². The van der Waals surface area contributed by atoms with Crippen LogP contribution < -0.4 is 4.90 Å². The van der Waals surface area contributed by atoms with E-state index in [9.17, 15) is 4.79 Å². The summed E-state index contributed by atoms with van der Waals surface area (Å²) in [5.74, 6) is 0.698. The Labute approximate surface area is 166 Å². The average molecular weight is 377 g/mol. The van der Waals surface area contributed by atoms with Crippen LogP contribution in [0.4, 0.5) is 5.69 Å². The number of aromatic nitrogens is 2. The summed E-state index contributed by atoms with van der Waals surface area (Å²) < 4.78 is 0. The molecule has 2 fully saturated rings. The number of nitrogens with zero attached hydrogens (tertiary/aromatic N) is 4. The molecule has 3 heterocycles. The highest BCUT2D eigenvalue weighted by Gasteiger charge is 2.31. The zero-order chi connectivity index (χ0) is 19.3. The zero-order valence-corrected chi connectivity index (χ0v) is 16.9. The van der Waals surface area contributed by atoms with Crippen LogP contribution in [0.5, 0.6) is 0 Å². The first-order chi connectivity index (χ1) is 13.6. The molecule has 1 aliphatic carbocycles. The Bertz CT molecular complexity index is 982. The molecule has 2 aromatic rings. The normalized spacial score (nSPS) is 19.9. The topological polar surface area (TPSA) is 49.3 Å². The number of carbonyl (C=O) groups is 1. The van der Waals surface area contributed by atoms with Crippen LogP contribution in [0, 0.1) is 13.8 Å². The first-order valence-corrected chi connectivity index (χ1v) is 10.7. The molecule has 1 aromatic heterocycles. The van der Waals surface area contributed by atoms with Crippen molar-refractivity contribution in [2.75, 3.05) is 31.1 Å². The predicted molar refractivity (Wildman–Crippen MR) is 113 cm³/mol. The van der Waals surface area contributed by atoms with E-state index in [4.69, 9.17) is 4.98 Å². The molecule has 1 aromatic carbocycles. The van der Waals surface area contributed by atoms with Gasteiger partial charge in [0.05, 0.1) is 11.2 Å². The van der Waals surface area contributed by atoms with E-state index in [-0.39, 0.29) is 5.78 Å². The lowest BCUT2D eigenvalue weighted by Gasteiger charge is -2.37. The minimum Gasteiger partial charge on any atom is -0.371 e. The molecule has 28 heavy (non-hydrogen) atoms. The summed E-state index contributed by atoms with van der Waals surface area (Å²) in [4.78, 5) is 27.3. The smallest absolute Gasteiger partial charge is 0.207 e. The highest BCUT2D eigenvalue weighted by Crippen LogP contribution is 2.42. The summed E-state index contributed by atoms with van der Waals surface area (Å²) in [5.41, 5.74) is 6.21. The molecular formula is C23H28N4O. The van der Waals surface area contributed by atoms with Gasteiger partial charge >= 0.3 is 0 Å². The summed E-state index contributed by atoms with van der Waals surface area (Å²) >= 11 is 0. The molecule has 3 aliphatic rings. The second-order valence-corrected chi connectivity index (χ2v) is 8.42. The van der Waals surface area contributed by atoms with Gasteiger partial charge in [-0.05, 0) is 64.0 Å². The van der Waals surface area contributed by atoms with E-state index in [1.165, 1.54) is 49.8 Å². The number of benzene rings is 1. The van der Waals surface area contributed by atoms with Crippen LogP contribution >= 0.6 is 0 Å². The van der Waals surface area contributed by atoms with Crippen LogP contribution in [0.2, 0.25) is 0 Å².